The molecule has 2 rings (SSSR count). The predicted molar refractivity (Wildman–Crippen MR) is 76.9 cm³/mol. The maximum atomic E-state index is 5.95. The summed E-state index contributed by atoms with van der Waals surface area (Å²) < 4.78 is 5.95. The number of anilines is 1. The summed E-state index contributed by atoms with van der Waals surface area (Å²) in [5.41, 5.74) is 2.09. The predicted octanol–water partition coefficient (Wildman–Crippen LogP) is 3.74. The maximum Gasteiger partial charge on any atom is 0.226 e. The summed E-state index contributed by atoms with van der Waals surface area (Å²) in [5, 5.41) is 2.92. The third-order valence-corrected chi connectivity index (χ3v) is 2.90. The molecule has 0 aliphatic heterocycles. The van der Waals surface area contributed by atoms with E-state index in [1.165, 1.54) is 5.56 Å². The number of nitrogens with zero attached hydrogens (tertiary/aromatic N) is 2. The van der Waals surface area contributed by atoms with Crippen LogP contribution in [0.4, 0.5) is 5.95 Å². The minimum absolute atomic E-state index is 0.405. The maximum absolute atomic E-state index is 5.95. The van der Waals surface area contributed by atoms with Crippen LogP contribution in [0.5, 0.6) is 11.6 Å². The monoisotopic (exact) mass is 257 g/mol. The van der Waals surface area contributed by atoms with Crippen LogP contribution in [0.2, 0.25) is 0 Å². The van der Waals surface area contributed by atoms with Gasteiger partial charge in [-0.1, -0.05) is 32.0 Å². The zero-order valence-electron chi connectivity index (χ0n) is 11.8. The zero-order chi connectivity index (χ0) is 13.8. The Labute approximate surface area is 113 Å². The molecule has 1 aromatic heterocycles. The number of aryl methyl sites for hydroxylation is 1. The van der Waals surface area contributed by atoms with Crippen LogP contribution >= 0.6 is 0 Å². The molecule has 1 aromatic carbocycles. The molecule has 0 radical (unpaired) electrons. The van der Waals surface area contributed by atoms with Crippen molar-refractivity contribution in [2.75, 3.05) is 12.4 Å². The van der Waals surface area contributed by atoms with Crippen molar-refractivity contribution < 1.29 is 4.74 Å². The van der Waals surface area contributed by atoms with E-state index in [0.717, 1.165) is 11.3 Å². The van der Waals surface area contributed by atoms with Gasteiger partial charge in [0.25, 0.3) is 0 Å². The molecule has 4 nitrogen and oxygen atoms in total. The lowest BCUT2D eigenvalue weighted by Gasteiger charge is -2.14. The number of benzene rings is 1. The van der Waals surface area contributed by atoms with Crippen LogP contribution in [-0.2, 0) is 0 Å². The third kappa shape index (κ3) is 3.02. The van der Waals surface area contributed by atoms with Crippen molar-refractivity contribution in [3.05, 3.63) is 41.6 Å². The second-order valence-electron chi connectivity index (χ2n) is 4.73. The van der Waals surface area contributed by atoms with E-state index < -0.39 is 0 Å². The number of rotatable bonds is 4. The molecule has 0 unspecified atom stereocenters. The van der Waals surface area contributed by atoms with Crippen LogP contribution < -0.4 is 10.1 Å². The first-order valence-electron chi connectivity index (χ1n) is 6.40. The molecule has 0 saturated heterocycles. The van der Waals surface area contributed by atoms with Gasteiger partial charge in [0.2, 0.25) is 11.8 Å². The molecule has 0 bridgehead atoms. The molecule has 0 aliphatic carbocycles. The van der Waals surface area contributed by atoms with E-state index in [0.29, 0.717) is 17.7 Å². The van der Waals surface area contributed by atoms with Gasteiger partial charge in [0, 0.05) is 18.8 Å². The Bertz CT molecular complexity index is 567. The summed E-state index contributed by atoms with van der Waals surface area (Å²) in [5.74, 6) is 2.40. The van der Waals surface area contributed by atoms with Gasteiger partial charge in [-0.15, -0.1) is 0 Å². The number of hydrogen-bond donors (Lipinski definition) is 1. The number of ether oxygens (including phenoxy) is 1. The van der Waals surface area contributed by atoms with Gasteiger partial charge >= 0.3 is 0 Å². The van der Waals surface area contributed by atoms with Crippen molar-refractivity contribution in [2.45, 2.75) is 26.7 Å². The van der Waals surface area contributed by atoms with Gasteiger partial charge in [0.15, 0.2) is 0 Å². The minimum Gasteiger partial charge on any atom is -0.438 e. The molecular weight excluding hydrogens is 238 g/mol. The quantitative estimate of drug-likeness (QED) is 0.906. The van der Waals surface area contributed by atoms with E-state index in [4.69, 9.17) is 4.74 Å². The Kier molecular flexibility index (Phi) is 4.00. The van der Waals surface area contributed by atoms with Gasteiger partial charge in [-0.3, -0.25) is 0 Å². The van der Waals surface area contributed by atoms with Gasteiger partial charge in [-0.05, 0) is 24.5 Å². The largest absolute Gasteiger partial charge is 0.438 e. The first kappa shape index (κ1) is 13.3. The van der Waals surface area contributed by atoms with Crippen molar-refractivity contribution >= 4 is 5.95 Å². The molecular formula is C15H19N3O. The molecule has 2 aromatic rings. The molecule has 0 atom stereocenters. The average molecular weight is 257 g/mol. The molecule has 4 heteroatoms. The van der Waals surface area contributed by atoms with Crippen molar-refractivity contribution in [3.63, 3.8) is 0 Å². The van der Waals surface area contributed by atoms with Crippen molar-refractivity contribution in [3.8, 4) is 11.6 Å². The molecule has 100 valence electrons. The van der Waals surface area contributed by atoms with E-state index in [-0.39, 0.29) is 0 Å². The number of nitrogens with one attached hydrogen (secondary N) is 1. The fraction of sp³-hybridized carbons (Fsp3) is 0.333. The Balaban J connectivity index is 2.36. The second-order valence-corrected chi connectivity index (χ2v) is 4.73. The van der Waals surface area contributed by atoms with E-state index in [1.807, 2.05) is 25.1 Å². The van der Waals surface area contributed by atoms with Crippen LogP contribution in [0, 0.1) is 6.92 Å². The van der Waals surface area contributed by atoms with Crippen molar-refractivity contribution in [1.82, 2.24) is 9.97 Å². The van der Waals surface area contributed by atoms with E-state index in [2.05, 4.69) is 35.2 Å². The normalized spacial score (nSPS) is 10.6. The van der Waals surface area contributed by atoms with Crippen LogP contribution in [0.15, 0.2) is 30.5 Å². The summed E-state index contributed by atoms with van der Waals surface area (Å²) in [6.45, 7) is 6.23. The zero-order valence-corrected chi connectivity index (χ0v) is 11.8. The summed E-state index contributed by atoms with van der Waals surface area (Å²) in [6.07, 6.45) is 1.76. The first-order chi connectivity index (χ1) is 9.11. The van der Waals surface area contributed by atoms with Gasteiger partial charge in [-0.25, -0.2) is 4.98 Å². The molecule has 19 heavy (non-hydrogen) atoms. The molecule has 0 fully saturated rings. The van der Waals surface area contributed by atoms with E-state index in [9.17, 15) is 0 Å². The number of aromatic nitrogens is 2. The summed E-state index contributed by atoms with van der Waals surface area (Å²) >= 11 is 0. The first-order valence-corrected chi connectivity index (χ1v) is 6.40. The van der Waals surface area contributed by atoms with Crippen LogP contribution in [0.1, 0.15) is 30.9 Å². The Morgan fingerprint density at radius 3 is 2.63 bits per heavy atom. The topological polar surface area (TPSA) is 47.0 Å². The highest BCUT2D eigenvalue weighted by atomic mass is 16.5. The van der Waals surface area contributed by atoms with Gasteiger partial charge in [0.05, 0.1) is 0 Å². The molecule has 1 N–H and O–H groups in total. The van der Waals surface area contributed by atoms with Crippen LogP contribution in [0.25, 0.3) is 0 Å². The Morgan fingerprint density at radius 2 is 1.95 bits per heavy atom. The number of para-hydroxylation sites is 1. The smallest absolute Gasteiger partial charge is 0.226 e. The lowest BCUT2D eigenvalue weighted by Crippen LogP contribution is -2.01. The SMILES string of the molecule is CNc1ncc(C)c(Oc2ccccc2C(C)C)n1. The lowest BCUT2D eigenvalue weighted by atomic mass is 10.0. The van der Waals surface area contributed by atoms with Crippen LogP contribution in [-0.4, -0.2) is 17.0 Å². The van der Waals surface area contributed by atoms with Gasteiger partial charge in [-0.2, -0.15) is 4.98 Å². The molecule has 0 amide bonds. The van der Waals surface area contributed by atoms with Crippen LogP contribution in [0.3, 0.4) is 0 Å². The van der Waals surface area contributed by atoms with Crippen molar-refractivity contribution in [2.24, 2.45) is 0 Å². The number of hydrogen-bond acceptors (Lipinski definition) is 4. The van der Waals surface area contributed by atoms with E-state index in [1.54, 1.807) is 13.2 Å². The average Bonchev–Trinajstić information content (AvgIpc) is 2.41. The standard InChI is InChI=1S/C15H19N3O/c1-10(2)12-7-5-6-8-13(12)19-14-11(3)9-17-15(16-4)18-14/h5-10H,1-4H3,(H,16,17,18). The molecule has 1 heterocycles. The Morgan fingerprint density at radius 1 is 1.21 bits per heavy atom. The highest BCUT2D eigenvalue weighted by Crippen LogP contribution is 2.30. The van der Waals surface area contributed by atoms with Crippen molar-refractivity contribution in [1.29, 1.82) is 0 Å². The molecule has 0 spiro atoms. The fourth-order valence-electron chi connectivity index (χ4n) is 1.80. The lowest BCUT2D eigenvalue weighted by molar-refractivity contribution is 0.450. The molecule has 0 saturated carbocycles. The van der Waals surface area contributed by atoms with Gasteiger partial charge < -0.3 is 10.1 Å². The minimum atomic E-state index is 0.405. The van der Waals surface area contributed by atoms with E-state index >= 15 is 0 Å². The summed E-state index contributed by atoms with van der Waals surface area (Å²) in [4.78, 5) is 8.50. The summed E-state index contributed by atoms with van der Waals surface area (Å²) in [7, 11) is 1.79. The third-order valence-electron chi connectivity index (χ3n) is 2.90. The van der Waals surface area contributed by atoms with Gasteiger partial charge in [0.1, 0.15) is 5.75 Å². The summed E-state index contributed by atoms with van der Waals surface area (Å²) in [6, 6.07) is 8.04. The Hall–Kier alpha value is -2.10. The highest BCUT2D eigenvalue weighted by Gasteiger charge is 2.11. The second kappa shape index (κ2) is 5.69. The highest BCUT2D eigenvalue weighted by molar-refractivity contribution is 5.40. The fourth-order valence-corrected chi connectivity index (χ4v) is 1.80. The molecule has 0 aliphatic rings.